The second-order valence-corrected chi connectivity index (χ2v) is 4.62. The molecule has 3 aromatic heterocycles. The zero-order valence-electron chi connectivity index (χ0n) is 10.2. The summed E-state index contributed by atoms with van der Waals surface area (Å²) in [6.07, 6.45) is 6.21. The van der Waals surface area contributed by atoms with Crippen molar-refractivity contribution in [2.24, 2.45) is 0 Å². The summed E-state index contributed by atoms with van der Waals surface area (Å²) in [6.45, 7) is 1.69. The van der Waals surface area contributed by atoms with Gasteiger partial charge in [-0.2, -0.15) is 0 Å². The number of aromatic nitrogens is 5. The van der Waals surface area contributed by atoms with Crippen molar-refractivity contribution >= 4 is 28.5 Å². The van der Waals surface area contributed by atoms with Gasteiger partial charge in [0.2, 0.25) is 0 Å². The van der Waals surface area contributed by atoms with Crippen LogP contribution in [-0.4, -0.2) is 31.3 Å². The molecule has 0 bridgehead atoms. The molecular formula is C12H13ClN6. The number of aryl methyl sites for hydroxylation is 1. The summed E-state index contributed by atoms with van der Waals surface area (Å²) in [5, 5.41) is 12.4. The zero-order valence-corrected chi connectivity index (χ0v) is 10.9. The molecule has 3 heterocycles. The predicted octanol–water partition coefficient (Wildman–Crippen LogP) is 2.31. The number of anilines is 1. The molecule has 2 N–H and O–H groups in total. The van der Waals surface area contributed by atoms with Gasteiger partial charge in [-0.1, -0.05) is 11.6 Å². The molecule has 0 radical (unpaired) electrons. The summed E-state index contributed by atoms with van der Waals surface area (Å²) in [5.41, 5.74) is 0.800. The van der Waals surface area contributed by atoms with E-state index in [1.807, 2.05) is 22.9 Å². The third-order valence-electron chi connectivity index (χ3n) is 2.84. The van der Waals surface area contributed by atoms with Gasteiger partial charge in [-0.15, -0.1) is 10.2 Å². The van der Waals surface area contributed by atoms with E-state index in [1.165, 1.54) is 0 Å². The van der Waals surface area contributed by atoms with Crippen LogP contribution in [0, 0.1) is 0 Å². The number of H-pyrrole nitrogens is 1. The van der Waals surface area contributed by atoms with Gasteiger partial charge < -0.3 is 14.9 Å². The van der Waals surface area contributed by atoms with Crippen LogP contribution in [0.1, 0.15) is 6.42 Å². The Balaban J connectivity index is 1.59. The zero-order chi connectivity index (χ0) is 13.1. The Bertz CT molecular complexity index is 660. The fourth-order valence-corrected chi connectivity index (χ4v) is 2.16. The van der Waals surface area contributed by atoms with Gasteiger partial charge in [0, 0.05) is 24.7 Å². The maximum absolute atomic E-state index is 6.18. The van der Waals surface area contributed by atoms with Gasteiger partial charge in [-0.25, -0.2) is 4.98 Å². The van der Waals surface area contributed by atoms with Gasteiger partial charge in [-0.05, 0) is 18.6 Å². The van der Waals surface area contributed by atoms with Gasteiger partial charge in [0.05, 0.1) is 5.02 Å². The number of rotatable bonds is 5. The van der Waals surface area contributed by atoms with E-state index in [0.717, 1.165) is 36.4 Å². The van der Waals surface area contributed by atoms with E-state index in [2.05, 4.69) is 25.5 Å². The first kappa shape index (κ1) is 12.0. The minimum Gasteiger partial charge on any atom is -0.370 e. The summed E-state index contributed by atoms with van der Waals surface area (Å²) in [5.74, 6) is 0.781. The molecule has 0 fully saturated rings. The highest BCUT2D eigenvalue weighted by molar-refractivity contribution is 6.35. The monoisotopic (exact) mass is 276 g/mol. The van der Waals surface area contributed by atoms with Crippen LogP contribution in [0.25, 0.3) is 11.0 Å². The number of hydrogen-bond acceptors (Lipinski definition) is 4. The van der Waals surface area contributed by atoms with Crippen LogP contribution in [-0.2, 0) is 6.54 Å². The molecule has 0 aromatic carbocycles. The Hall–Kier alpha value is -2.08. The lowest BCUT2D eigenvalue weighted by Crippen LogP contribution is -2.07. The van der Waals surface area contributed by atoms with E-state index < -0.39 is 0 Å². The SMILES string of the molecule is Clc1cc(NCCCn2cnnc2)nc2[nH]ccc12. The van der Waals surface area contributed by atoms with Crippen LogP contribution < -0.4 is 5.32 Å². The van der Waals surface area contributed by atoms with Crippen molar-refractivity contribution in [2.45, 2.75) is 13.0 Å². The van der Waals surface area contributed by atoms with Crippen LogP contribution in [0.5, 0.6) is 0 Å². The maximum atomic E-state index is 6.18. The first-order valence-corrected chi connectivity index (χ1v) is 6.40. The number of fused-ring (bicyclic) bond motifs is 1. The number of nitrogens with zero attached hydrogens (tertiary/aromatic N) is 4. The van der Waals surface area contributed by atoms with Gasteiger partial charge in [-0.3, -0.25) is 0 Å². The van der Waals surface area contributed by atoms with Crippen molar-refractivity contribution < 1.29 is 0 Å². The first-order valence-electron chi connectivity index (χ1n) is 6.03. The number of aromatic amines is 1. The van der Waals surface area contributed by atoms with Crippen LogP contribution in [0.2, 0.25) is 5.02 Å². The molecule has 6 nitrogen and oxygen atoms in total. The Labute approximate surface area is 114 Å². The first-order chi connectivity index (χ1) is 9.33. The second kappa shape index (κ2) is 5.27. The number of halogens is 1. The Kier molecular flexibility index (Phi) is 3.33. The highest BCUT2D eigenvalue weighted by Crippen LogP contribution is 2.24. The van der Waals surface area contributed by atoms with E-state index in [4.69, 9.17) is 11.6 Å². The minimum atomic E-state index is 0.701. The predicted molar refractivity (Wildman–Crippen MR) is 74.2 cm³/mol. The van der Waals surface area contributed by atoms with Crippen molar-refractivity contribution in [1.29, 1.82) is 0 Å². The molecule has 98 valence electrons. The largest absolute Gasteiger partial charge is 0.370 e. The molecule has 3 aromatic rings. The van der Waals surface area contributed by atoms with Gasteiger partial charge in [0.15, 0.2) is 0 Å². The molecule has 0 saturated carbocycles. The van der Waals surface area contributed by atoms with Crippen LogP contribution in [0.3, 0.4) is 0 Å². The molecule has 19 heavy (non-hydrogen) atoms. The number of hydrogen-bond donors (Lipinski definition) is 2. The van der Waals surface area contributed by atoms with E-state index in [-0.39, 0.29) is 0 Å². The average Bonchev–Trinajstić information content (AvgIpc) is 3.05. The number of nitrogens with one attached hydrogen (secondary N) is 2. The number of pyridine rings is 1. The summed E-state index contributed by atoms with van der Waals surface area (Å²) in [6, 6.07) is 3.76. The van der Waals surface area contributed by atoms with E-state index in [9.17, 15) is 0 Å². The van der Waals surface area contributed by atoms with Crippen LogP contribution in [0.15, 0.2) is 31.0 Å². The molecular weight excluding hydrogens is 264 g/mol. The molecule has 0 saturated heterocycles. The van der Waals surface area contributed by atoms with Crippen LogP contribution in [0.4, 0.5) is 5.82 Å². The topological polar surface area (TPSA) is 71.4 Å². The summed E-state index contributed by atoms with van der Waals surface area (Å²) in [7, 11) is 0. The molecule has 3 rings (SSSR count). The fourth-order valence-electron chi connectivity index (χ4n) is 1.90. The standard InChI is InChI=1S/C12H13ClN6/c13-10-6-11(18-12-9(10)2-4-15-12)14-3-1-5-19-7-16-17-8-19/h2,4,6-8H,1,3,5H2,(H2,14,15,18). The molecule has 0 aliphatic rings. The van der Waals surface area contributed by atoms with Crippen molar-refractivity contribution in [1.82, 2.24) is 24.7 Å². The van der Waals surface area contributed by atoms with E-state index in [0.29, 0.717) is 5.02 Å². The van der Waals surface area contributed by atoms with Crippen molar-refractivity contribution in [3.63, 3.8) is 0 Å². The van der Waals surface area contributed by atoms with E-state index in [1.54, 1.807) is 12.7 Å². The summed E-state index contributed by atoms with van der Waals surface area (Å²) < 4.78 is 1.94. The minimum absolute atomic E-state index is 0.701. The van der Waals surface area contributed by atoms with Gasteiger partial charge in [0.1, 0.15) is 24.1 Å². The lowest BCUT2D eigenvalue weighted by molar-refractivity contribution is 0.658. The molecule has 0 spiro atoms. The Morgan fingerprint density at radius 3 is 3.00 bits per heavy atom. The highest BCUT2D eigenvalue weighted by Gasteiger charge is 2.04. The molecule has 0 aliphatic carbocycles. The average molecular weight is 277 g/mol. The quantitative estimate of drug-likeness (QED) is 0.702. The highest BCUT2D eigenvalue weighted by atomic mass is 35.5. The van der Waals surface area contributed by atoms with Crippen molar-refractivity contribution in [3.8, 4) is 0 Å². The van der Waals surface area contributed by atoms with Gasteiger partial charge in [0.25, 0.3) is 0 Å². The van der Waals surface area contributed by atoms with Crippen molar-refractivity contribution in [3.05, 3.63) is 36.0 Å². The third-order valence-corrected chi connectivity index (χ3v) is 3.16. The van der Waals surface area contributed by atoms with E-state index >= 15 is 0 Å². The fraction of sp³-hybridized carbons (Fsp3) is 0.250. The van der Waals surface area contributed by atoms with Crippen LogP contribution >= 0.6 is 11.6 Å². The molecule has 7 heteroatoms. The second-order valence-electron chi connectivity index (χ2n) is 4.21. The molecule has 0 atom stereocenters. The molecule has 0 aliphatic heterocycles. The van der Waals surface area contributed by atoms with Crippen molar-refractivity contribution in [2.75, 3.05) is 11.9 Å². The molecule has 0 amide bonds. The summed E-state index contributed by atoms with van der Waals surface area (Å²) >= 11 is 6.18. The Morgan fingerprint density at radius 1 is 1.32 bits per heavy atom. The Morgan fingerprint density at radius 2 is 2.16 bits per heavy atom. The maximum Gasteiger partial charge on any atom is 0.141 e. The third kappa shape index (κ3) is 2.68. The smallest absolute Gasteiger partial charge is 0.141 e. The lowest BCUT2D eigenvalue weighted by Gasteiger charge is -2.06. The molecule has 0 unspecified atom stereocenters. The lowest BCUT2D eigenvalue weighted by atomic mass is 10.3. The normalized spacial score (nSPS) is 11.0. The van der Waals surface area contributed by atoms with Gasteiger partial charge >= 0.3 is 0 Å². The summed E-state index contributed by atoms with van der Waals surface area (Å²) in [4.78, 5) is 7.51.